The van der Waals surface area contributed by atoms with Crippen LogP contribution >= 0.6 is 0 Å². The third-order valence-electron chi connectivity index (χ3n) is 2.79. The van der Waals surface area contributed by atoms with Gasteiger partial charge in [0.25, 0.3) is 0 Å². The summed E-state index contributed by atoms with van der Waals surface area (Å²) in [5, 5.41) is 0. The first-order valence-electron chi connectivity index (χ1n) is 6.38. The van der Waals surface area contributed by atoms with Crippen LogP contribution in [0, 0.1) is 0 Å². The number of hydrogen-bond donors (Lipinski definition) is 0. The van der Waals surface area contributed by atoms with Gasteiger partial charge in [0.15, 0.2) is 5.78 Å². The molecule has 0 aromatic rings. The molecule has 0 aromatic heterocycles. The number of carbonyl (C=O) groups excluding carboxylic acids is 2. The van der Waals surface area contributed by atoms with E-state index in [1.165, 1.54) is 11.0 Å². The van der Waals surface area contributed by atoms with Gasteiger partial charge in [0, 0.05) is 6.42 Å². The number of rotatable bonds is 3. The maximum atomic E-state index is 12.2. The highest BCUT2D eigenvalue weighted by Crippen LogP contribution is 2.30. The Morgan fingerprint density at radius 1 is 1.47 bits per heavy atom. The summed E-state index contributed by atoms with van der Waals surface area (Å²) in [6.07, 6.45) is 1.21. The highest BCUT2D eigenvalue weighted by Gasteiger charge is 2.48. The van der Waals surface area contributed by atoms with Gasteiger partial charge in [-0.15, -0.1) is 6.58 Å². The van der Waals surface area contributed by atoms with Crippen LogP contribution in [-0.2, 0) is 14.3 Å². The normalized spacial score (nSPS) is 22.2. The van der Waals surface area contributed by atoms with E-state index in [1.54, 1.807) is 34.6 Å². The molecule has 5 nitrogen and oxygen atoms in total. The third-order valence-corrected chi connectivity index (χ3v) is 2.79. The Bertz CT molecular complexity index is 381. The number of ether oxygens (including phenoxy) is 2. The fourth-order valence-electron chi connectivity index (χ4n) is 1.98. The Kier molecular flexibility index (Phi) is 4.40. The number of Topliss-reactive ketones (excluding diaryl/α,β-unsaturated/α-hetero) is 1. The quantitative estimate of drug-likeness (QED) is 0.739. The first kappa shape index (κ1) is 15.7. The molecule has 1 saturated heterocycles. The fraction of sp³-hybridized carbons (Fsp3) is 0.714. The van der Waals surface area contributed by atoms with Crippen LogP contribution in [0.15, 0.2) is 12.7 Å². The standard InChI is InChI=1S/C14H23NO4/c1-7-8-11(16)10-9-18-14(5,6)15(10)12(17)19-13(2,3)4/h7,10H,1,8-9H2,2-6H3/t10-/m1/s1. The molecular weight excluding hydrogens is 246 g/mol. The van der Waals surface area contributed by atoms with Crippen LogP contribution < -0.4 is 0 Å². The zero-order valence-corrected chi connectivity index (χ0v) is 12.4. The highest BCUT2D eigenvalue weighted by atomic mass is 16.6. The Morgan fingerprint density at radius 2 is 2.05 bits per heavy atom. The first-order chi connectivity index (χ1) is 8.58. The van der Waals surface area contributed by atoms with Gasteiger partial charge >= 0.3 is 6.09 Å². The lowest BCUT2D eigenvalue weighted by atomic mass is 10.1. The second-order valence-electron chi connectivity index (χ2n) is 6.08. The van der Waals surface area contributed by atoms with E-state index in [0.717, 1.165) is 0 Å². The largest absolute Gasteiger partial charge is 0.444 e. The molecule has 1 amide bonds. The molecule has 1 aliphatic rings. The molecule has 0 radical (unpaired) electrons. The Labute approximate surface area is 114 Å². The van der Waals surface area contributed by atoms with Crippen molar-refractivity contribution >= 4 is 11.9 Å². The molecule has 0 spiro atoms. The minimum atomic E-state index is -0.843. The molecular formula is C14H23NO4. The number of allylic oxidation sites excluding steroid dienone is 1. The molecule has 0 aromatic carbocycles. The van der Waals surface area contributed by atoms with Crippen LogP contribution in [0.1, 0.15) is 41.0 Å². The summed E-state index contributed by atoms with van der Waals surface area (Å²) in [5.41, 5.74) is -1.45. The molecule has 0 aliphatic carbocycles. The second-order valence-corrected chi connectivity index (χ2v) is 6.08. The Hall–Kier alpha value is -1.36. The van der Waals surface area contributed by atoms with Crippen molar-refractivity contribution in [1.82, 2.24) is 4.90 Å². The number of amides is 1. The summed E-state index contributed by atoms with van der Waals surface area (Å²) < 4.78 is 10.9. The number of nitrogens with zero attached hydrogens (tertiary/aromatic N) is 1. The molecule has 1 aliphatic heterocycles. The molecule has 0 unspecified atom stereocenters. The predicted octanol–water partition coefficient (Wildman–Crippen LogP) is 2.50. The van der Waals surface area contributed by atoms with Crippen molar-refractivity contribution in [3.63, 3.8) is 0 Å². The molecule has 19 heavy (non-hydrogen) atoms. The molecule has 1 rings (SSSR count). The topological polar surface area (TPSA) is 55.8 Å². The SMILES string of the molecule is C=CCC(=O)[C@H]1COC(C)(C)N1C(=O)OC(C)(C)C. The molecule has 0 saturated carbocycles. The van der Waals surface area contributed by atoms with Crippen molar-refractivity contribution in [2.45, 2.75) is 58.4 Å². The van der Waals surface area contributed by atoms with Gasteiger partial charge in [0.05, 0.1) is 6.61 Å². The number of ketones is 1. The van der Waals surface area contributed by atoms with Gasteiger partial charge in [0.2, 0.25) is 0 Å². The van der Waals surface area contributed by atoms with E-state index in [9.17, 15) is 9.59 Å². The van der Waals surface area contributed by atoms with Crippen molar-refractivity contribution in [3.8, 4) is 0 Å². The van der Waals surface area contributed by atoms with Crippen molar-refractivity contribution in [2.24, 2.45) is 0 Å². The van der Waals surface area contributed by atoms with E-state index in [4.69, 9.17) is 9.47 Å². The lowest BCUT2D eigenvalue weighted by Crippen LogP contribution is -2.52. The Morgan fingerprint density at radius 3 is 2.53 bits per heavy atom. The van der Waals surface area contributed by atoms with E-state index in [-0.39, 0.29) is 18.8 Å². The summed E-state index contributed by atoms with van der Waals surface area (Å²) in [4.78, 5) is 25.6. The minimum absolute atomic E-state index is 0.0913. The van der Waals surface area contributed by atoms with Gasteiger partial charge in [0.1, 0.15) is 17.4 Å². The summed E-state index contributed by atoms with van der Waals surface area (Å²) in [6, 6.07) is -0.608. The van der Waals surface area contributed by atoms with E-state index in [1.807, 2.05) is 0 Å². The van der Waals surface area contributed by atoms with Crippen molar-refractivity contribution in [2.75, 3.05) is 6.61 Å². The number of hydrogen-bond acceptors (Lipinski definition) is 4. The van der Waals surface area contributed by atoms with E-state index >= 15 is 0 Å². The molecule has 108 valence electrons. The minimum Gasteiger partial charge on any atom is -0.444 e. The van der Waals surface area contributed by atoms with Crippen LogP contribution in [0.25, 0.3) is 0 Å². The van der Waals surface area contributed by atoms with Gasteiger partial charge in [-0.2, -0.15) is 0 Å². The average Bonchev–Trinajstić information content (AvgIpc) is 2.51. The van der Waals surface area contributed by atoms with Crippen LogP contribution in [0.4, 0.5) is 4.79 Å². The average molecular weight is 269 g/mol. The van der Waals surface area contributed by atoms with Crippen LogP contribution in [0.2, 0.25) is 0 Å². The van der Waals surface area contributed by atoms with Gasteiger partial charge in [-0.05, 0) is 34.6 Å². The summed E-state index contributed by atoms with van der Waals surface area (Å²) in [6.45, 7) is 12.6. The highest BCUT2D eigenvalue weighted by molar-refractivity contribution is 5.89. The molecule has 5 heteroatoms. The van der Waals surface area contributed by atoms with Gasteiger partial charge < -0.3 is 9.47 Å². The maximum Gasteiger partial charge on any atom is 0.413 e. The molecule has 0 bridgehead atoms. The van der Waals surface area contributed by atoms with Gasteiger partial charge in [-0.3, -0.25) is 9.69 Å². The van der Waals surface area contributed by atoms with E-state index in [0.29, 0.717) is 0 Å². The van der Waals surface area contributed by atoms with Gasteiger partial charge in [-0.1, -0.05) is 6.08 Å². The van der Waals surface area contributed by atoms with Crippen molar-refractivity contribution in [3.05, 3.63) is 12.7 Å². The lowest BCUT2D eigenvalue weighted by Gasteiger charge is -2.34. The fourth-order valence-corrected chi connectivity index (χ4v) is 1.98. The smallest absolute Gasteiger partial charge is 0.413 e. The van der Waals surface area contributed by atoms with Crippen LogP contribution in [0.5, 0.6) is 0 Å². The Balaban J connectivity index is 2.93. The van der Waals surface area contributed by atoms with Crippen molar-refractivity contribution < 1.29 is 19.1 Å². The maximum absolute atomic E-state index is 12.2. The van der Waals surface area contributed by atoms with Crippen molar-refractivity contribution in [1.29, 1.82) is 0 Å². The lowest BCUT2D eigenvalue weighted by molar-refractivity contribution is -0.123. The van der Waals surface area contributed by atoms with Gasteiger partial charge in [-0.25, -0.2) is 4.79 Å². The third kappa shape index (κ3) is 3.80. The zero-order chi connectivity index (χ0) is 14.8. The van der Waals surface area contributed by atoms with E-state index in [2.05, 4.69) is 6.58 Å². The second kappa shape index (κ2) is 5.33. The monoisotopic (exact) mass is 269 g/mol. The van der Waals surface area contributed by atoms with E-state index < -0.39 is 23.5 Å². The zero-order valence-electron chi connectivity index (χ0n) is 12.4. The summed E-state index contributed by atoms with van der Waals surface area (Å²) >= 11 is 0. The summed E-state index contributed by atoms with van der Waals surface area (Å²) in [5.74, 6) is -0.0913. The molecule has 0 N–H and O–H groups in total. The van der Waals surface area contributed by atoms with Crippen LogP contribution in [-0.4, -0.2) is 40.8 Å². The molecule has 1 heterocycles. The number of carbonyl (C=O) groups is 2. The molecule has 1 atom stereocenters. The van der Waals surface area contributed by atoms with Crippen LogP contribution in [0.3, 0.4) is 0 Å². The predicted molar refractivity (Wildman–Crippen MR) is 71.7 cm³/mol. The molecule has 1 fully saturated rings. The first-order valence-corrected chi connectivity index (χ1v) is 6.38. The summed E-state index contributed by atoms with van der Waals surface area (Å²) in [7, 11) is 0.